The zero-order valence-electron chi connectivity index (χ0n) is 13.5. The van der Waals surface area contributed by atoms with Crippen LogP contribution >= 0.6 is 0 Å². The molecule has 0 bridgehead atoms. The Labute approximate surface area is 135 Å². The predicted octanol–water partition coefficient (Wildman–Crippen LogP) is 2.93. The molecule has 0 fully saturated rings. The number of nitrogens with zero attached hydrogens (tertiary/aromatic N) is 2. The average Bonchev–Trinajstić information content (AvgIpc) is 3.16. The Morgan fingerprint density at radius 2 is 1.87 bits per heavy atom. The van der Waals surface area contributed by atoms with Gasteiger partial charge in [-0.2, -0.15) is 5.06 Å². The van der Waals surface area contributed by atoms with Crippen LogP contribution in [0.5, 0.6) is 5.75 Å². The van der Waals surface area contributed by atoms with Crippen LogP contribution in [0.15, 0.2) is 36.7 Å². The molecule has 1 amide bonds. The second-order valence-electron chi connectivity index (χ2n) is 5.02. The van der Waals surface area contributed by atoms with Gasteiger partial charge in [-0.25, -0.2) is 0 Å². The van der Waals surface area contributed by atoms with E-state index in [1.54, 1.807) is 6.07 Å². The van der Waals surface area contributed by atoms with Crippen molar-refractivity contribution in [2.75, 3.05) is 20.3 Å². The van der Waals surface area contributed by atoms with E-state index in [0.29, 0.717) is 24.5 Å². The number of amides is 1. The molecule has 2 aromatic rings. The van der Waals surface area contributed by atoms with Crippen molar-refractivity contribution < 1.29 is 19.1 Å². The number of hydroxylamine groups is 2. The summed E-state index contributed by atoms with van der Waals surface area (Å²) in [5.41, 5.74) is 2.14. The average molecular weight is 316 g/mol. The fourth-order valence-corrected chi connectivity index (χ4v) is 2.88. The van der Waals surface area contributed by atoms with Gasteiger partial charge in [-0.1, -0.05) is 0 Å². The van der Waals surface area contributed by atoms with Crippen molar-refractivity contribution in [1.82, 2.24) is 9.63 Å². The van der Waals surface area contributed by atoms with E-state index in [1.807, 2.05) is 49.0 Å². The Bertz CT molecular complexity index is 697. The zero-order chi connectivity index (χ0) is 16.4. The van der Waals surface area contributed by atoms with E-state index in [0.717, 1.165) is 11.3 Å². The summed E-state index contributed by atoms with van der Waals surface area (Å²) in [5.74, 6) is 0.496. The lowest BCUT2D eigenvalue weighted by Gasteiger charge is -2.24. The van der Waals surface area contributed by atoms with E-state index in [2.05, 4.69) is 0 Å². The molecule has 1 unspecified atom stereocenters. The Hall–Kier alpha value is -2.31. The van der Waals surface area contributed by atoms with Crippen LogP contribution in [-0.2, 0) is 9.57 Å². The third-order valence-corrected chi connectivity index (χ3v) is 3.75. The zero-order valence-corrected chi connectivity index (χ0v) is 13.5. The van der Waals surface area contributed by atoms with Crippen LogP contribution in [0.2, 0.25) is 0 Å². The molecule has 0 aliphatic carbocycles. The molecular weight excluding hydrogens is 296 g/mol. The number of carbonyl (C=O) groups excluding carboxylic acids is 1. The van der Waals surface area contributed by atoms with Crippen molar-refractivity contribution in [2.24, 2.45) is 0 Å². The van der Waals surface area contributed by atoms with Gasteiger partial charge in [0.25, 0.3) is 5.91 Å². The molecule has 3 rings (SSSR count). The number of hydrogen-bond acceptors (Lipinski definition) is 4. The largest absolute Gasteiger partial charge is 0.492 e. The molecule has 0 spiro atoms. The summed E-state index contributed by atoms with van der Waals surface area (Å²) in [6.07, 6.45) is 3.24. The molecule has 6 nitrogen and oxygen atoms in total. The van der Waals surface area contributed by atoms with Crippen LogP contribution in [0.25, 0.3) is 5.69 Å². The van der Waals surface area contributed by atoms with Crippen LogP contribution in [0.3, 0.4) is 0 Å². The van der Waals surface area contributed by atoms with Gasteiger partial charge < -0.3 is 14.0 Å². The van der Waals surface area contributed by atoms with E-state index in [4.69, 9.17) is 14.3 Å². The number of rotatable bonds is 6. The molecule has 1 atom stereocenters. The number of benzene rings is 1. The maximum absolute atomic E-state index is 12.6. The lowest BCUT2D eigenvalue weighted by molar-refractivity contribution is -0.197. The Balaban J connectivity index is 2.24. The number of fused-ring (bicyclic) bond motifs is 1. The number of hydrogen-bond donors (Lipinski definition) is 0. The molecule has 0 saturated carbocycles. The molecule has 1 aliphatic heterocycles. The second-order valence-corrected chi connectivity index (χ2v) is 5.02. The Kier molecular flexibility index (Phi) is 4.36. The van der Waals surface area contributed by atoms with Crippen molar-refractivity contribution >= 4 is 5.91 Å². The second kappa shape index (κ2) is 6.44. The highest BCUT2D eigenvalue weighted by atomic mass is 16.7. The maximum Gasteiger partial charge on any atom is 0.280 e. The first-order valence-corrected chi connectivity index (χ1v) is 7.65. The number of ether oxygens (including phenoxy) is 2. The van der Waals surface area contributed by atoms with Gasteiger partial charge in [0.05, 0.1) is 25.0 Å². The molecule has 2 heterocycles. The van der Waals surface area contributed by atoms with Gasteiger partial charge in [0.2, 0.25) is 0 Å². The summed E-state index contributed by atoms with van der Waals surface area (Å²) in [5, 5.41) is 1.26. The molecule has 122 valence electrons. The van der Waals surface area contributed by atoms with Crippen molar-refractivity contribution in [2.45, 2.75) is 20.1 Å². The molecule has 23 heavy (non-hydrogen) atoms. The first-order chi connectivity index (χ1) is 11.2. The number of aromatic nitrogens is 1. The minimum absolute atomic E-state index is 0.211. The molecule has 0 radical (unpaired) electrons. The van der Waals surface area contributed by atoms with E-state index in [-0.39, 0.29) is 5.91 Å². The Morgan fingerprint density at radius 3 is 2.48 bits per heavy atom. The van der Waals surface area contributed by atoms with Crippen molar-refractivity contribution in [1.29, 1.82) is 0 Å². The van der Waals surface area contributed by atoms with Crippen LogP contribution in [-0.4, -0.2) is 35.9 Å². The first-order valence-electron chi connectivity index (χ1n) is 7.65. The monoisotopic (exact) mass is 316 g/mol. The summed E-state index contributed by atoms with van der Waals surface area (Å²) >= 11 is 0. The van der Waals surface area contributed by atoms with Gasteiger partial charge in [0, 0.05) is 24.6 Å². The van der Waals surface area contributed by atoms with Gasteiger partial charge in [0.15, 0.2) is 6.23 Å². The standard InChI is InChI=1S/C17H20N2O4/c1-4-22-13-9-8-12-14(15(13)18-10-6-7-11-18)17(23-5-2)19(21-3)16(12)20/h6-11,17H,4-5H2,1-3H3. The SMILES string of the molecule is CCOc1ccc2c(c1-n1cccc1)C(OCC)N(OC)C2=O. The van der Waals surface area contributed by atoms with Crippen molar-refractivity contribution in [3.05, 3.63) is 47.8 Å². The highest BCUT2D eigenvalue weighted by Crippen LogP contribution is 2.42. The van der Waals surface area contributed by atoms with E-state index in [9.17, 15) is 4.79 Å². The summed E-state index contributed by atoms with van der Waals surface area (Å²) in [6.45, 7) is 4.81. The van der Waals surface area contributed by atoms with Crippen molar-refractivity contribution in [3.8, 4) is 11.4 Å². The Morgan fingerprint density at radius 1 is 1.13 bits per heavy atom. The molecule has 1 aromatic heterocycles. The molecule has 6 heteroatoms. The first kappa shape index (κ1) is 15.6. The molecule has 0 N–H and O–H groups in total. The van der Waals surface area contributed by atoms with E-state index < -0.39 is 6.23 Å². The van der Waals surface area contributed by atoms with Crippen LogP contribution in [0.1, 0.15) is 36.0 Å². The van der Waals surface area contributed by atoms with Crippen LogP contribution < -0.4 is 4.74 Å². The van der Waals surface area contributed by atoms with Gasteiger partial charge >= 0.3 is 0 Å². The third kappa shape index (κ3) is 2.50. The molecule has 1 aromatic carbocycles. The van der Waals surface area contributed by atoms with Crippen molar-refractivity contribution in [3.63, 3.8) is 0 Å². The van der Waals surface area contributed by atoms with Crippen LogP contribution in [0.4, 0.5) is 0 Å². The van der Waals surface area contributed by atoms with E-state index >= 15 is 0 Å². The molecule has 0 saturated heterocycles. The third-order valence-electron chi connectivity index (χ3n) is 3.75. The van der Waals surface area contributed by atoms with Gasteiger partial charge in [-0.05, 0) is 38.1 Å². The smallest absolute Gasteiger partial charge is 0.280 e. The fraction of sp³-hybridized carbons (Fsp3) is 0.353. The summed E-state index contributed by atoms with van der Waals surface area (Å²) in [7, 11) is 1.47. The quantitative estimate of drug-likeness (QED) is 0.822. The van der Waals surface area contributed by atoms with Gasteiger partial charge in [0.1, 0.15) is 5.75 Å². The maximum atomic E-state index is 12.6. The normalized spacial score (nSPS) is 16.7. The predicted molar refractivity (Wildman–Crippen MR) is 84.5 cm³/mol. The summed E-state index contributed by atoms with van der Waals surface area (Å²) in [6, 6.07) is 7.43. The minimum Gasteiger partial charge on any atom is -0.492 e. The molecule has 1 aliphatic rings. The van der Waals surface area contributed by atoms with E-state index in [1.165, 1.54) is 12.2 Å². The topological polar surface area (TPSA) is 52.9 Å². The van der Waals surface area contributed by atoms with Gasteiger partial charge in [-0.15, -0.1) is 0 Å². The highest BCUT2D eigenvalue weighted by Gasteiger charge is 2.41. The molecular formula is C17H20N2O4. The minimum atomic E-state index is -0.592. The number of carbonyl (C=O) groups is 1. The lowest BCUT2D eigenvalue weighted by Crippen LogP contribution is -2.28. The van der Waals surface area contributed by atoms with Crippen LogP contribution in [0, 0.1) is 0 Å². The van der Waals surface area contributed by atoms with Gasteiger partial charge in [-0.3, -0.25) is 9.63 Å². The summed E-state index contributed by atoms with van der Waals surface area (Å²) in [4.78, 5) is 17.8. The summed E-state index contributed by atoms with van der Waals surface area (Å²) < 4.78 is 13.5. The highest BCUT2D eigenvalue weighted by molar-refractivity contribution is 6.00. The lowest BCUT2D eigenvalue weighted by atomic mass is 10.1. The fourth-order valence-electron chi connectivity index (χ4n) is 2.88.